The third-order valence-corrected chi connectivity index (χ3v) is 8.40. The van der Waals surface area contributed by atoms with Crippen LogP contribution in [0.15, 0.2) is 97.2 Å². The molecule has 0 spiro atoms. The zero-order valence-electron chi connectivity index (χ0n) is 33.1. The Labute approximate surface area is 315 Å². The SMILES string of the molecule is CC/C=C\C/C=C\C/C=C\C/C=C\CCCCCCCCCCCOCC(CO)OC(=O)CCCCCC/C=C\C/C=C\C/C=C\C/C=C\CC. The average molecular weight is 707 g/mol. The normalized spacial score (nSPS) is 13.4. The minimum absolute atomic E-state index is 0.190. The Hall–Kier alpha value is -2.69. The summed E-state index contributed by atoms with van der Waals surface area (Å²) in [5.41, 5.74) is 0. The second-order valence-corrected chi connectivity index (χ2v) is 13.3. The van der Waals surface area contributed by atoms with E-state index in [4.69, 9.17) is 9.47 Å². The Kier molecular flexibility index (Phi) is 41.2. The van der Waals surface area contributed by atoms with Crippen molar-refractivity contribution >= 4 is 5.97 Å². The topological polar surface area (TPSA) is 55.8 Å². The predicted molar refractivity (Wildman–Crippen MR) is 223 cm³/mol. The summed E-state index contributed by atoms with van der Waals surface area (Å²) in [6, 6.07) is 0. The summed E-state index contributed by atoms with van der Waals surface area (Å²) in [7, 11) is 0. The molecule has 1 unspecified atom stereocenters. The average Bonchev–Trinajstić information content (AvgIpc) is 3.14. The number of ether oxygens (including phenoxy) is 2. The minimum atomic E-state index is -0.557. The van der Waals surface area contributed by atoms with Crippen LogP contribution in [0.1, 0.15) is 168 Å². The number of carbonyl (C=O) groups excluding carboxylic acids is 1. The summed E-state index contributed by atoms with van der Waals surface area (Å²) < 4.78 is 11.1. The van der Waals surface area contributed by atoms with Crippen molar-refractivity contribution in [2.45, 2.75) is 174 Å². The van der Waals surface area contributed by atoms with Crippen LogP contribution in [0, 0.1) is 0 Å². The highest BCUT2D eigenvalue weighted by atomic mass is 16.6. The molecule has 1 atom stereocenters. The van der Waals surface area contributed by atoms with Gasteiger partial charge < -0.3 is 14.6 Å². The van der Waals surface area contributed by atoms with Crippen molar-refractivity contribution in [1.29, 1.82) is 0 Å². The lowest BCUT2D eigenvalue weighted by molar-refractivity contribution is -0.154. The van der Waals surface area contributed by atoms with Gasteiger partial charge >= 0.3 is 5.97 Å². The van der Waals surface area contributed by atoms with E-state index in [2.05, 4.69) is 111 Å². The van der Waals surface area contributed by atoms with Crippen molar-refractivity contribution in [1.82, 2.24) is 0 Å². The Morgan fingerprint density at radius 2 is 0.824 bits per heavy atom. The van der Waals surface area contributed by atoms with Crippen molar-refractivity contribution in [2.24, 2.45) is 0 Å². The van der Waals surface area contributed by atoms with Crippen LogP contribution in [-0.2, 0) is 14.3 Å². The number of unbranched alkanes of at least 4 members (excludes halogenated alkanes) is 13. The number of carbonyl (C=O) groups is 1. The van der Waals surface area contributed by atoms with Gasteiger partial charge in [-0.3, -0.25) is 4.79 Å². The maximum atomic E-state index is 12.2. The highest BCUT2D eigenvalue weighted by Gasteiger charge is 2.13. The van der Waals surface area contributed by atoms with Gasteiger partial charge in [-0.15, -0.1) is 0 Å². The Bertz CT molecular complexity index is 965. The monoisotopic (exact) mass is 707 g/mol. The van der Waals surface area contributed by atoms with Crippen molar-refractivity contribution in [2.75, 3.05) is 19.8 Å². The molecule has 290 valence electrons. The lowest BCUT2D eigenvalue weighted by Crippen LogP contribution is -2.27. The van der Waals surface area contributed by atoms with E-state index in [-0.39, 0.29) is 19.2 Å². The van der Waals surface area contributed by atoms with Crippen LogP contribution in [0.4, 0.5) is 0 Å². The number of rotatable bonds is 37. The summed E-state index contributed by atoms with van der Waals surface area (Å²) >= 11 is 0. The molecule has 0 amide bonds. The van der Waals surface area contributed by atoms with Crippen LogP contribution in [-0.4, -0.2) is 37.0 Å². The molecule has 51 heavy (non-hydrogen) atoms. The van der Waals surface area contributed by atoms with Gasteiger partial charge in [-0.1, -0.05) is 169 Å². The molecule has 0 fully saturated rings. The zero-order chi connectivity index (χ0) is 37.0. The van der Waals surface area contributed by atoms with E-state index in [1.165, 1.54) is 51.4 Å². The molecule has 0 saturated carbocycles. The summed E-state index contributed by atoms with van der Waals surface area (Å²) in [6.07, 6.45) is 61.7. The summed E-state index contributed by atoms with van der Waals surface area (Å²) in [6.45, 7) is 5.06. The van der Waals surface area contributed by atoms with Crippen LogP contribution >= 0.6 is 0 Å². The Morgan fingerprint density at radius 1 is 0.471 bits per heavy atom. The molecule has 0 heterocycles. The van der Waals surface area contributed by atoms with Gasteiger partial charge in [0.1, 0.15) is 6.10 Å². The number of hydrogen-bond donors (Lipinski definition) is 1. The number of allylic oxidation sites excluding steroid dienone is 16. The first kappa shape index (κ1) is 48.3. The van der Waals surface area contributed by atoms with E-state index >= 15 is 0 Å². The molecule has 0 bridgehead atoms. The lowest BCUT2D eigenvalue weighted by Gasteiger charge is -2.15. The van der Waals surface area contributed by atoms with E-state index in [1.807, 2.05) is 0 Å². The van der Waals surface area contributed by atoms with Gasteiger partial charge in [0.05, 0.1) is 13.2 Å². The smallest absolute Gasteiger partial charge is 0.306 e. The number of hydrogen-bond acceptors (Lipinski definition) is 4. The van der Waals surface area contributed by atoms with E-state index < -0.39 is 6.10 Å². The molecule has 0 aliphatic carbocycles. The highest BCUT2D eigenvalue weighted by Crippen LogP contribution is 2.12. The minimum Gasteiger partial charge on any atom is -0.457 e. The fraction of sp³-hybridized carbons (Fsp3) is 0.638. The Balaban J connectivity index is 3.52. The number of aliphatic hydroxyl groups is 1. The standard InChI is InChI=1S/C47H78O4/c1-3-5-7-9-11-13-15-17-19-21-22-23-24-25-27-29-31-33-35-37-39-41-43-50-45-46(44-48)51-47(49)42-40-38-36-34-32-30-28-26-20-18-16-14-12-10-8-6-4-2/h5-8,11-14,17-20,22-23,28,30,46,48H,3-4,9-10,15-16,21,24-27,29,31-45H2,1-2H3/b7-5-,8-6-,13-11-,14-12-,19-17-,20-18-,23-22-,30-28-. The predicted octanol–water partition coefficient (Wildman–Crippen LogP) is 13.8. The first-order valence-corrected chi connectivity index (χ1v) is 20.8. The molecule has 0 rings (SSSR count). The van der Waals surface area contributed by atoms with Gasteiger partial charge in [-0.05, 0) is 89.9 Å². The summed E-state index contributed by atoms with van der Waals surface area (Å²) in [4.78, 5) is 12.2. The van der Waals surface area contributed by atoms with Gasteiger partial charge in [0.15, 0.2) is 0 Å². The third-order valence-electron chi connectivity index (χ3n) is 8.40. The number of esters is 1. The van der Waals surface area contributed by atoms with E-state index in [9.17, 15) is 9.90 Å². The second kappa shape index (κ2) is 43.5. The third kappa shape index (κ3) is 41.6. The van der Waals surface area contributed by atoms with Crippen molar-refractivity contribution < 1.29 is 19.4 Å². The van der Waals surface area contributed by atoms with Crippen LogP contribution in [0.2, 0.25) is 0 Å². The van der Waals surface area contributed by atoms with Gasteiger partial charge in [0.2, 0.25) is 0 Å². The second-order valence-electron chi connectivity index (χ2n) is 13.3. The molecule has 4 heteroatoms. The van der Waals surface area contributed by atoms with Crippen LogP contribution in [0.3, 0.4) is 0 Å². The first-order valence-electron chi connectivity index (χ1n) is 20.8. The van der Waals surface area contributed by atoms with E-state index in [1.54, 1.807) is 0 Å². The Morgan fingerprint density at radius 3 is 1.24 bits per heavy atom. The van der Waals surface area contributed by atoms with Crippen LogP contribution in [0.5, 0.6) is 0 Å². The molecule has 0 aliphatic heterocycles. The molecular weight excluding hydrogens is 629 g/mol. The molecule has 0 aromatic rings. The van der Waals surface area contributed by atoms with Crippen LogP contribution < -0.4 is 0 Å². The van der Waals surface area contributed by atoms with Gasteiger partial charge in [0, 0.05) is 13.0 Å². The maximum absolute atomic E-state index is 12.2. The van der Waals surface area contributed by atoms with E-state index in [0.717, 1.165) is 96.3 Å². The zero-order valence-corrected chi connectivity index (χ0v) is 33.1. The fourth-order valence-corrected chi connectivity index (χ4v) is 5.37. The molecule has 0 radical (unpaired) electrons. The molecule has 0 aromatic carbocycles. The van der Waals surface area contributed by atoms with Gasteiger partial charge in [-0.2, -0.15) is 0 Å². The van der Waals surface area contributed by atoms with E-state index in [0.29, 0.717) is 13.0 Å². The van der Waals surface area contributed by atoms with Crippen molar-refractivity contribution in [3.8, 4) is 0 Å². The lowest BCUT2D eigenvalue weighted by atomic mass is 10.1. The number of aliphatic hydroxyl groups excluding tert-OH is 1. The van der Waals surface area contributed by atoms with Crippen LogP contribution in [0.25, 0.3) is 0 Å². The molecular formula is C47H78O4. The van der Waals surface area contributed by atoms with Crippen molar-refractivity contribution in [3.05, 3.63) is 97.2 Å². The summed E-state index contributed by atoms with van der Waals surface area (Å²) in [5.74, 6) is -0.230. The fourth-order valence-electron chi connectivity index (χ4n) is 5.37. The molecule has 1 N–H and O–H groups in total. The largest absolute Gasteiger partial charge is 0.457 e. The van der Waals surface area contributed by atoms with Crippen molar-refractivity contribution in [3.63, 3.8) is 0 Å². The molecule has 0 aliphatic rings. The molecule has 4 nitrogen and oxygen atoms in total. The molecule has 0 saturated heterocycles. The molecule has 0 aromatic heterocycles. The first-order chi connectivity index (χ1) is 25.2. The highest BCUT2D eigenvalue weighted by molar-refractivity contribution is 5.69. The maximum Gasteiger partial charge on any atom is 0.306 e. The van der Waals surface area contributed by atoms with Gasteiger partial charge in [-0.25, -0.2) is 0 Å². The quantitative estimate of drug-likeness (QED) is 0.0397. The van der Waals surface area contributed by atoms with Gasteiger partial charge in [0.25, 0.3) is 0 Å². The summed E-state index contributed by atoms with van der Waals surface area (Å²) in [5, 5.41) is 9.60.